The minimum absolute atomic E-state index is 0.108. The van der Waals surface area contributed by atoms with Crippen molar-refractivity contribution in [3.05, 3.63) is 126 Å². The molecular formula is C35H39N5O4. The zero-order valence-corrected chi connectivity index (χ0v) is 24.9. The van der Waals surface area contributed by atoms with Gasteiger partial charge in [0.2, 0.25) is 5.91 Å². The van der Waals surface area contributed by atoms with Gasteiger partial charge in [-0.05, 0) is 36.5 Å². The molecule has 0 radical (unpaired) electrons. The number of hydrogen-bond donors (Lipinski definition) is 4. The number of rotatable bonds is 14. The van der Waals surface area contributed by atoms with Gasteiger partial charge >= 0.3 is 6.09 Å². The van der Waals surface area contributed by atoms with Gasteiger partial charge in [-0.2, -0.15) is 0 Å². The van der Waals surface area contributed by atoms with Gasteiger partial charge in [-0.1, -0.05) is 97.4 Å². The van der Waals surface area contributed by atoms with Gasteiger partial charge in [0.15, 0.2) is 5.78 Å². The van der Waals surface area contributed by atoms with E-state index in [0.29, 0.717) is 17.8 Å². The van der Waals surface area contributed by atoms with E-state index in [-0.39, 0.29) is 36.6 Å². The van der Waals surface area contributed by atoms with E-state index in [1.807, 2.05) is 78.9 Å². The molecule has 3 aromatic carbocycles. The number of carbonyl (C=O) groups is 3. The van der Waals surface area contributed by atoms with E-state index in [1.165, 1.54) is 5.56 Å². The van der Waals surface area contributed by atoms with Gasteiger partial charge in [-0.3, -0.25) is 14.9 Å². The van der Waals surface area contributed by atoms with Gasteiger partial charge in [0, 0.05) is 30.3 Å². The third-order valence-electron chi connectivity index (χ3n) is 8.40. The lowest BCUT2D eigenvalue weighted by molar-refractivity contribution is -0.132. The lowest BCUT2D eigenvalue weighted by atomic mass is 9.64. The van der Waals surface area contributed by atoms with Crippen LogP contribution in [0.4, 0.5) is 4.79 Å². The van der Waals surface area contributed by atoms with Crippen LogP contribution in [0.1, 0.15) is 55.0 Å². The number of ether oxygens (including phenoxy) is 1. The molecule has 1 heterocycles. The van der Waals surface area contributed by atoms with Crippen molar-refractivity contribution in [1.82, 2.24) is 25.9 Å². The van der Waals surface area contributed by atoms with Crippen molar-refractivity contribution in [2.45, 2.75) is 62.8 Å². The number of benzene rings is 3. The van der Waals surface area contributed by atoms with Gasteiger partial charge in [0.1, 0.15) is 12.1 Å². The van der Waals surface area contributed by atoms with E-state index in [0.717, 1.165) is 24.8 Å². The molecule has 228 valence electrons. The molecule has 1 saturated carbocycles. The van der Waals surface area contributed by atoms with Crippen LogP contribution in [0.5, 0.6) is 0 Å². The highest BCUT2D eigenvalue weighted by Gasteiger charge is 2.43. The number of nitrogens with zero attached hydrogens (tertiary/aromatic N) is 1. The predicted octanol–water partition coefficient (Wildman–Crippen LogP) is 4.91. The summed E-state index contributed by atoms with van der Waals surface area (Å²) < 4.78 is 5.41. The number of ketones is 1. The minimum atomic E-state index is -1.36. The Morgan fingerprint density at radius 3 is 2.23 bits per heavy atom. The molecule has 2 amide bonds. The summed E-state index contributed by atoms with van der Waals surface area (Å²) in [5.74, 6) is -0.670. The fourth-order valence-electron chi connectivity index (χ4n) is 5.90. The first-order valence-corrected chi connectivity index (χ1v) is 15.0. The largest absolute Gasteiger partial charge is 0.445 e. The first kappa shape index (κ1) is 30.7. The number of alkyl carbamates (subject to hydrolysis) is 1. The maximum absolute atomic E-state index is 14.3. The van der Waals surface area contributed by atoms with Crippen molar-refractivity contribution >= 4 is 17.8 Å². The highest BCUT2D eigenvalue weighted by Crippen LogP contribution is 2.43. The molecule has 4 aromatic rings. The molecule has 0 spiro atoms. The van der Waals surface area contributed by atoms with Crippen LogP contribution in [0.15, 0.2) is 104 Å². The zero-order chi connectivity index (χ0) is 30.8. The van der Waals surface area contributed by atoms with E-state index in [1.54, 1.807) is 19.4 Å². The summed E-state index contributed by atoms with van der Waals surface area (Å²) in [5, 5.41) is 9.20. The molecule has 0 bridgehead atoms. The molecule has 4 N–H and O–H groups in total. The molecule has 1 aliphatic rings. The Kier molecular flexibility index (Phi) is 9.86. The molecule has 1 aromatic heterocycles. The number of hydrogen-bond acceptors (Lipinski definition) is 6. The molecule has 44 heavy (non-hydrogen) atoms. The van der Waals surface area contributed by atoms with Crippen LogP contribution in [0.2, 0.25) is 0 Å². The molecule has 0 aliphatic heterocycles. The van der Waals surface area contributed by atoms with Crippen LogP contribution < -0.4 is 16.0 Å². The van der Waals surface area contributed by atoms with Crippen LogP contribution in [-0.2, 0) is 38.3 Å². The van der Waals surface area contributed by atoms with E-state index < -0.39 is 17.8 Å². The second-order valence-corrected chi connectivity index (χ2v) is 11.5. The summed E-state index contributed by atoms with van der Waals surface area (Å²) in [7, 11) is 0. The number of carbonyl (C=O) groups excluding carboxylic acids is 3. The number of aromatic nitrogens is 2. The van der Waals surface area contributed by atoms with Crippen LogP contribution in [0.3, 0.4) is 0 Å². The monoisotopic (exact) mass is 593 g/mol. The molecule has 9 heteroatoms. The average molecular weight is 594 g/mol. The zero-order valence-electron chi connectivity index (χ0n) is 24.9. The quantitative estimate of drug-likeness (QED) is 0.122. The van der Waals surface area contributed by atoms with Crippen molar-refractivity contribution in [2.75, 3.05) is 6.54 Å². The summed E-state index contributed by atoms with van der Waals surface area (Å²) in [6.07, 6.45) is 4.81. The lowest BCUT2D eigenvalue weighted by Gasteiger charge is -2.42. The summed E-state index contributed by atoms with van der Waals surface area (Å²) in [4.78, 5) is 47.6. The Morgan fingerprint density at radius 2 is 1.61 bits per heavy atom. The molecule has 1 fully saturated rings. The van der Waals surface area contributed by atoms with E-state index in [2.05, 4.69) is 38.1 Å². The van der Waals surface area contributed by atoms with Crippen molar-refractivity contribution in [3.63, 3.8) is 0 Å². The van der Waals surface area contributed by atoms with Gasteiger partial charge < -0.3 is 20.4 Å². The number of imidazole rings is 1. The highest BCUT2D eigenvalue weighted by atomic mass is 16.5. The second kappa shape index (κ2) is 14.1. The highest BCUT2D eigenvalue weighted by molar-refractivity contribution is 6.03. The summed E-state index contributed by atoms with van der Waals surface area (Å²) in [5.41, 5.74) is 1.97. The smallest absolute Gasteiger partial charge is 0.408 e. The summed E-state index contributed by atoms with van der Waals surface area (Å²) in [6.45, 7) is 2.32. The van der Waals surface area contributed by atoms with Gasteiger partial charge in [0.25, 0.3) is 0 Å². The first-order valence-electron chi connectivity index (χ1n) is 15.0. The van der Waals surface area contributed by atoms with Gasteiger partial charge in [0.05, 0.1) is 18.9 Å². The normalized spacial score (nSPS) is 15.7. The van der Waals surface area contributed by atoms with Gasteiger partial charge in [-0.15, -0.1) is 0 Å². The fourth-order valence-corrected chi connectivity index (χ4v) is 5.90. The maximum atomic E-state index is 14.3. The number of aromatic amines is 1. The molecular weight excluding hydrogens is 554 g/mol. The Bertz CT molecular complexity index is 1510. The average Bonchev–Trinajstić information content (AvgIpc) is 3.53. The Hall–Kier alpha value is -4.76. The third-order valence-corrected chi connectivity index (χ3v) is 8.40. The maximum Gasteiger partial charge on any atom is 0.408 e. The van der Waals surface area contributed by atoms with E-state index in [4.69, 9.17) is 4.74 Å². The predicted molar refractivity (Wildman–Crippen MR) is 167 cm³/mol. The second-order valence-electron chi connectivity index (χ2n) is 11.5. The van der Waals surface area contributed by atoms with Crippen LogP contribution in [-0.4, -0.2) is 40.5 Å². The van der Waals surface area contributed by atoms with Crippen molar-refractivity contribution in [2.24, 2.45) is 0 Å². The van der Waals surface area contributed by atoms with Gasteiger partial charge in [-0.25, -0.2) is 9.78 Å². The standard InChI is InChI=1S/C35H39N5O4/c1-26(39-33(43)44-23-27-12-5-2-6-13-27)40-35(21-30-22-36-25-38-30,29-16-9-4-10-17-29)31(41)20-32(42)37-24-34(18-11-19-34)28-14-7-3-8-15-28/h2-10,12-17,22,25-26,40H,11,18-21,23-24H2,1H3,(H,36,38)(H,37,42)(H,39,43)/t26-,35+/m1/s1. The Morgan fingerprint density at radius 1 is 0.955 bits per heavy atom. The third kappa shape index (κ3) is 7.41. The molecule has 2 atom stereocenters. The SMILES string of the molecule is C[C@H](NC(=O)OCc1ccccc1)N[C@](Cc1cnc[nH]1)(C(=O)CC(=O)NCC1(c2ccccc2)CCC1)c1ccccc1. The Balaban J connectivity index is 1.32. The van der Waals surface area contributed by atoms with E-state index in [9.17, 15) is 14.4 Å². The number of amides is 2. The van der Waals surface area contributed by atoms with Crippen LogP contribution >= 0.6 is 0 Å². The first-order chi connectivity index (χ1) is 21.4. The molecule has 5 rings (SSSR count). The summed E-state index contributed by atoms with van der Waals surface area (Å²) in [6, 6.07) is 28.9. The van der Waals surface area contributed by atoms with E-state index >= 15 is 0 Å². The number of nitrogens with one attached hydrogen (secondary N) is 4. The van der Waals surface area contributed by atoms with Crippen molar-refractivity contribution in [1.29, 1.82) is 0 Å². The number of H-pyrrole nitrogens is 1. The number of Topliss-reactive ketones (excluding diaryl/α,β-unsaturated/α-hetero) is 1. The molecule has 0 unspecified atom stereocenters. The molecule has 9 nitrogen and oxygen atoms in total. The minimum Gasteiger partial charge on any atom is -0.445 e. The molecule has 1 aliphatic carbocycles. The fraction of sp³-hybridized carbons (Fsp3) is 0.314. The van der Waals surface area contributed by atoms with Crippen molar-refractivity contribution in [3.8, 4) is 0 Å². The Labute approximate surface area is 257 Å². The van der Waals surface area contributed by atoms with Crippen LogP contribution in [0.25, 0.3) is 0 Å². The topological polar surface area (TPSA) is 125 Å². The lowest BCUT2D eigenvalue weighted by Crippen LogP contribution is -2.59. The van der Waals surface area contributed by atoms with Crippen molar-refractivity contribution < 1.29 is 19.1 Å². The molecule has 0 saturated heterocycles. The summed E-state index contributed by atoms with van der Waals surface area (Å²) >= 11 is 0. The van der Waals surface area contributed by atoms with Crippen LogP contribution in [0, 0.1) is 0 Å².